The fraction of sp³-hybridized carbons (Fsp3) is 0.385. The molecule has 0 aliphatic carbocycles. The van der Waals surface area contributed by atoms with E-state index in [9.17, 15) is 0 Å². The number of fused-ring (bicyclic) bond motifs is 1. The van der Waals surface area contributed by atoms with Gasteiger partial charge in [-0.3, -0.25) is 0 Å². The van der Waals surface area contributed by atoms with Crippen LogP contribution in [0.25, 0.3) is 11.0 Å². The molecule has 0 saturated carbocycles. The standard InChI is InChI=1S/C13H18N2O/c1-13(2,7-8-14)15-11-9-16-12-6-4-3-5-10(11)12/h3-6,9,15H,7-8,14H2,1-2H3. The minimum absolute atomic E-state index is 0.0125. The van der Waals surface area contributed by atoms with Gasteiger partial charge in [0.15, 0.2) is 0 Å². The molecule has 0 unspecified atom stereocenters. The molecule has 1 aromatic carbocycles. The summed E-state index contributed by atoms with van der Waals surface area (Å²) in [6.45, 7) is 4.96. The number of nitrogens with one attached hydrogen (secondary N) is 1. The lowest BCUT2D eigenvalue weighted by Crippen LogP contribution is -2.33. The molecule has 1 aromatic heterocycles. The van der Waals surface area contributed by atoms with E-state index in [0.717, 1.165) is 23.1 Å². The van der Waals surface area contributed by atoms with Crippen molar-refractivity contribution in [2.45, 2.75) is 25.8 Å². The molecule has 0 saturated heterocycles. The highest BCUT2D eigenvalue weighted by atomic mass is 16.3. The van der Waals surface area contributed by atoms with E-state index < -0.39 is 0 Å². The molecule has 0 amide bonds. The van der Waals surface area contributed by atoms with E-state index in [2.05, 4.69) is 25.2 Å². The third-order valence-electron chi connectivity index (χ3n) is 2.72. The molecule has 0 atom stereocenters. The Morgan fingerprint density at radius 3 is 2.81 bits per heavy atom. The number of para-hydroxylation sites is 1. The predicted molar refractivity (Wildman–Crippen MR) is 67.6 cm³/mol. The summed E-state index contributed by atoms with van der Waals surface area (Å²) >= 11 is 0. The first kappa shape index (κ1) is 11.0. The zero-order valence-electron chi connectivity index (χ0n) is 9.79. The summed E-state index contributed by atoms with van der Waals surface area (Å²) in [7, 11) is 0. The summed E-state index contributed by atoms with van der Waals surface area (Å²) in [4.78, 5) is 0. The molecule has 3 nitrogen and oxygen atoms in total. The van der Waals surface area contributed by atoms with Crippen molar-refractivity contribution in [1.29, 1.82) is 0 Å². The second kappa shape index (κ2) is 4.18. The van der Waals surface area contributed by atoms with E-state index in [-0.39, 0.29) is 5.54 Å². The molecule has 2 aromatic rings. The largest absolute Gasteiger partial charge is 0.462 e. The topological polar surface area (TPSA) is 51.2 Å². The van der Waals surface area contributed by atoms with Crippen LogP contribution in [0.2, 0.25) is 0 Å². The molecule has 3 N–H and O–H groups in total. The van der Waals surface area contributed by atoms with Gasteiger partial charge in [0.1, 0.15) is 11.8 Å². The van der Waals surface area contributed by atoms with Gasteiger partial charge >= 0.3 is 0 Å². The zero-order valence-corrected chi connectivity index (χ0v) is 9.79. The Balaban J connectivity index is 2.27. The van der Waals surface area contributed by atoms with Gasteiger partial charge in [-0.25, -0.2) is 0 Å². The Bertz CT molecular complexity index is 473. The molecule has 3 heteroatoms. The summed E-state index contributed by atoms with van der Waals surface area (Å²) in [5, 5.41) is 4.59. The van der Waals surface area contributed by atoms with Crippen LogP contribution in [0, 0.1) is 0 Å². The van der Waals surface area contributed by atoms with Gasteiger partial charge in [0, 0.05) is 10.9 Å². The number of furan rings is 1. The predicted octanol–water partition coefficient (Wildman–Crippen LogP) is 2.97. The van der Waals surface area contributed by atoms with Crippen LogP contribution in [0.15, 0.2) is 34.9 Å². The average Bonchev–Trinajstić information content (AvgIpc) is 2.61. The number of benzene rings is 1. The van der Waals surface area contributed by atoms with Crippen LogP contribution in [0.5, 0.6) is 0 Å². The fourth-order valence-electron chi connectivity index (χ4n) is 1.86. The third kappa shape index (κ3) is 2.19. The lowest BCUT2D eigenvalue weighted by atomic mass is 10.0. The van der Waals surface area contributed by atoms with Crippen molar-refractivity contribution < 1.29 is 4.42 Å². The first-order chi connectivity index (χ1) is 7.62. The van der Waals surface area contributed by atoms with Crippen LogP contribution >= 0.6 is 0 Å². The van der Waals surface area contributed by atoms with Crippen molar-refractivity contribution in [2.75, 3.05) is 11.9 Å². The molecule has 16 heavy (non-hydrogen) atoms. The first-order valence-electron chi connectivity index (χ1n) is 5.57. The maximum atomic E-state index is 5.59. The maximum Gasteiger partial charge on any atom is 0.136 e. The van der Waals surface area contributed by atoms with E-state index in [1.54, 1.807) is 6.26 Å². The van der Waals surface area contributed by atoms with Crippen molar-refractivity contribution >= 4 is 16.7 Å². The highest BCUT2D eigenvalue weighted by Gasteiger charge is 2.18. The highest BCUT2D eigenvalue weighted by Crippen LogP contribution is 2.28. The van der Waals surface area contributed by atoms with Crippen LogP contribution in [0.3, 0.4) is 0 Å². The molecule has 0 radical (unpaired) electrons. The van der Waals surface area contributed by atoms with Crippen molar-refractivity contribution in [3.63, 3.8) is 0 Å². The van der Waals surface area contributed by atoms with E-state index in [0.29, 0.717) is 6.54 Å². The Morgan fingerprint density at radius 1 is 1.31 bits per heavy atom. The summed E-state index contributed by atoms with van der Waals surface area (Å²) in [5.74, 6) is 0. The van der Waals surface area contributed by atoms with E-state index in [4.69, 9.17) is 10.2 Å². The minimum Gasteiger partial charge on any atom is -0.462 e. The maximum absolute atomic E-state index is 5.59. The lowest BCUT2D eigenvalue weighted by Gasteiger charge is -2.26. The monoisotopic (exact) mass is 218 g/mol. The molecule has 1 heterocycles. The number of hydrogen-bond acceptors (Lipinski definition) is 3. The molecule has 0 spiro atoms. The minimum atomic E-state index is -0.0125. The smallest absolute Gasteiger partial charge is 0.136 e. The Kier molecular flexibility index (Phi) is 2.88. The van der Waals surface area contributed by atoms with E-state index in [1.807, 2.05) is 18.2 Å². The normalized spacial score (nSPS) is 11.9. The fourth-order valence-corrected chi connectivity index (χ4v) is 1.86. The molecule has 86 valence electrons. The van der Waals surface area contributed by atoms with Crippen LogP contribution < -0.4 is 11.1 Å². The molecule has 2 rings (SSSR count). The van der Waals surface area contributed by atoms with E-state index in [1.165, 1.54) is 0 Å². The van der Waals surface area contributed by atoms with Gasteiger partial charge in [0.25, 0.3) is 0 Å². The average molecular weight is 218 g/mol. The number of anilines is 1. The van der Waals surface area contributed by atoms with Crippen LogP contribution in [0.1, 0.15) is 20.3 Å². The van der Waals surface area contributed by atoms with Gasteiger partial charge in [0.2, 0.25) is 0 Å². The summed E-state index contributed by atoms with van der Waals surface area (Å²) in [6.07, 6.45) is 2.69. The van der Waals surface area contributed by atoms with Crippen LogP contribution in [0.4, 0.5) is 5.69 Å². The Hall–Kier alpha value is -1.48. The first-order valence-corrected chi connectivity index (χ1v) is 5.57. The van der Waals surface area contributed by atoms with Crippen LogP contribution in [-0.4, -0.2) is 12.1 Å². The Morgan fingerprint density at radius 2 is 2.06 bits per heavy atom. The number of nitrogens with two attached hydrogens (primary N) is 1. The molecule has 0 fully saturated rings. The van der Waals surface area contributed by atoms with Gasteiger partial charge in [-0.05, 0) is 38.9 Å². The highest BCUT2D eigenvalue weighted by molar-refractivity contribution is 5.90. The quantitative estimate of drug-likeness (QED) is 0.829. The van der Waals surface area contributed by atoms with Crippen molar-refractivity contribution in [3.05, 3.63) is 30.5 Å². The summed E-state index contributed by atoms with van der Waals surface area (Å²) < 4.78 is 5.48. The molecule has 0 aliphatic rings. The number of rotatable bonds is 4. The molecule has 0 bridgehead atoms. The van der Waals surface area contributed by atoms with Crippen molar-refractivity contribution in [1.82, 2.24) is 0 Å². The Labute approximate surface area is 95.6 Å². The zero-order chi connectivity index (χ0) is 11.6. The second-order valence-corrected chi connectivity index (χ2v) is 4.69. The van der Waals surface area contributed by atoms with Gasteiger partial charge in [-0.15, -0.1) is 0 Å². The summed E-state index contributed by atoms with van der Waals surface area (Å²) in [5.41, 5.74) is 7.53. The molecular formula is C13H18N2O. The van der Waals surface area contributed by atoms with Gasteiger partial charge in [0.05, 0.1) is 5.69 Å². The summed E-state index contributed by atoms with van der Waals surface area (Å²) in [6, 6.07) is 8.01. The van der Waals surface area contributed by atoms with Crippen molar-refractivity contribution in [3.8, 4) is 0 Å². The van der Waals surface area contributed by atoms with Gasteiger partial charge < -0.3 is 15.5 Å². The van der Waals surface area contributed by atoms with Crippen molar-refractivity contribution in [2.24, 2.45) is 5.73 Å². The lowest BCUT2D eigenvalue weighted by molar-refractivity contribution is 0.524. The third-order valence-corrected chi connectivity index (χ3v) is 2.72. The SMILES string of the molecule is CC(C)(CCN)Nc1coc2ccccc12. The van der Waals surface area contributed by atoms with Gasteiger partial charge in [-0.1, -0.05) is 12.1 Å². The second-order valence-electron chi connectivity index (χ2n) is 4.69. The number of hydrogen-bond donors (Lipinski definition) is 2. The van der Waals surface area contributed by atoms with E-state index >= 15 is 0 Å². The molecule has 0 aliphatic heterocycles. The van der Waals surface area contributed by atoms with Crippen LogP contribution in [-0.2, 0) is 0 Å². The van der Waals surface area contributed by atoms with Gasteiger partial charge in [-0.2, -0.15) is 0 Å². The molecular weight excluding hydrogens is 200 g/mol.